The molecule has 0 aliphatic carbocycles. The van der Waals surface area contributed by atoms with Crippen LogP contribution in [0.15, 0.2) is 10.8 Å². The van der Waals surface area contributed by atoms with E-state index in [1.165, 1.54) is 6.39 Å². The first kappa shape index (κ1) is 6.60. The molecule has 1 saturated heterocycles. The van der Waals surface area contributed by atoms with Crippen LogP contribution in [0.5, 0.6) is 0 Å². The fraction of sp³-hybridized carbons (Fsp3) is 0.667. The summed E-state index contributed by atoms with van der Waals surface area (Å²) in [5.74, 6) is 0. The Bertz CT molecular complexity index is 204. The number of hydrogen-bond donors (Lipinski definition) is 1. The summed E-state index contributed by atoms with van der Waals surface area (Å²) < 4.78 is 5.05. The molecule has 1 N–H and O–H groups in total. The maximum absolute atomic E-state index is 5.05. The highest BCUT2D eigenvalue weighted by Crippen LogP contribution is 2.07. The summed E-state index contributed by atoms with van der Waals surface area (Å²) in [6.07, 6.45) is 1.36. The molecule has 5 heteroatoms. The summed E-state index contributed by atoms with van der Waals surface area (Å²) in [7, 11) is 0. The molecule has 0 unspecified atom stereocenters. The molecular weight excluding hydrogens is 144 g/mol. The number of aromatic nitrogens is 2. The molecule has 2 rings (SSSR count). The molecule has 5 nitrogen and oxygen atoms in total. The zero-order chi connectivity index (χ0) is 7.52. The van der Waals surface area contributed by atoms with Crippen LogP contribution in [0.25, 0.3) is 0 Å². The topological polar surface area (TPSA) is 54.2 Å². The highest BCUT2D eigenvalue weighted by Gasteiger charge is 2.13. The molecule has 0 radical (unpaired) electrons. The van der Waals surface area contributed by atoms with Crippen molar-refractivity contribution in [2.75, 3.05) is 31.1 Å². The van der Waals surface area contributed by atoms with E-state index in [4.69, 9.17) is 4.42 Å². The van der Waals surface area contributed by atoms with Gasteiger partial charge in [0.05, 0.1) is 0 Å². The Hall–Kier alpha value is -1.10. The Morgan fingerprint density at radius 2 is 2.27 bits per heavy atom. The quantitative estimate of drug-likeness (QED) is 0.589. The largest absolute Gasteiger partial charge is 0.411 e. The molecule has 2 heterocycles. The van der Waals surface area contributed by atoms with Gasteiger partial charge in [0.1, 0.15) is 0 Å². The van der Waals surface area contributed by atoms with Gasteiger partial charge >= 0.3 is 6.01 Å². The summed E-state index contributed by atoms with van der Waals surface area (Å²) >= 11 is 0. The first-order valence-corrected chi connectivity index (χ1v) is 3.68. The standard InChI is InChI=1S/C6H10N4O/c1-3-10(4-2-7-1)6-9-8-5-11-6/h5,7H,1-4H2. The number of rotatable bonds is 1. The molecule has 11 heavy (non-hydrogen) atoms. The van der Waals surface area contributed by atoms with Crippen LogP contribution in [0, 0.1) is 0 Å². The molecule has 1 aromatic heterocycles. The van der Waals surface area contributed by atoms with Crippen LogP contribution in [-0.4, -0.2) is 36.4 Å². The van der Waals surface area contributed by atoms with Crippen molar-refractivity contribution in [3.05, 3.63) is 6.39 Å². The predicted octanol–water partition coefficient (Wildman–Crippen LogP) is -0.521. The van der Waals surface area contributed by atoms with E-state index in [9.17, 15) is 0 Å². The van der Waals surface area contributed by atoms with Crippen LogP contribution in [0.2, 0.25) is 0 Å². The molecular formula is C6H10N4O. The number of nitrogens with one attached hydrogen (secondary N) is 1. The van der Waals surface area contributed by atoms with Gasteiger partial charge in [0, 0.05) is 26.2 Å². The van der Waals surface area contributed by atoms with Gasteiger partial charge in [-0.25, -0.2) is 0 Å². The van der Waals surface area contributed by atoms with Crippen LogP contribution < -0.4 is 10.2 Å². The minimum atomic E-state index is 0.631. The Balaban J connectivity index is 2.04. The zero-order valence-corrected chi connectivity index (χ0v) is 6.16. The van der Waals surface area contributed by atoms with E-state index in [0.717, 1.165) is 26.2 Å². The SMILES string of the molecule is c1nnc(N2CCNCC2)o1. The number of piperazine rings is 1. The monoisotopic (exact) mass is 154 g/mol. The van der Waals surface area contributed by atoms with Crippen LogP contribution >= 0.6 is 0 Å². The van der Waals surface area contributed by atoms with E-state index in [0.29, 0.717) is 6.01 Å². The third-order valence-electron chi connectivity index (χ3n) is 1.74. The van der Waals surface area contributed by atoms with Gasteiger partial charge in [-0.1, -0.05) is 5.10 Å². The van der Waals surface area contributed by atoms with Crippen LogP contribution in [0.1, 0.15) is 0 Å². The Morgan fingerprint density at radius 3 is 2.91 bits per heavy atom. The second-order valence-corrected chi connectivity index (χ2v) is 2.46. The predicted molar refractivity (Wildman–Crippen MR) is 39.4 cm³/mol. The third kappa shape index (κ3) is 1.32. The molecule has 0 spiro atoms. The molecule has 0 bridgehead atoms. The van der Waals surface area contributed by atoms with Gasteiger partial charge in [-0.15, -0.1) is 5.10 Å². The van der Waals surface area contributed by atoms with Crippen molar-refractivity contribution < 1.29 is 4.42 Å². The average Bonchev–Trinajstić information content (AvgIpc) is 2.58. The highest BCUT2D eigenvalue weighted by atomic mass is 16.4. The normalized spacial score (nSPS) is 18.7. The van der Waals surface area contributed by atoms with Crippen molar-refractivity contribution in [1.82, 2.24) is 15.5 Å². The minimum Gasteiger partial charge on any atom is -0.411 e. The van der Waals surface area contributed by atoms with Gasteiger partial charge in [0.25, 0.3) is 0 Å². The van der Waals surface area contributed by atoms with Gasteiger partial charge in [0.15, 0.2) is 0 Å². The van der Waals surface area contributed by atoms with Crippen molar-refractivity contribution in [2.24, 2.45) is 0 Å². The van der Waals surface area contributed by atoms with Gasteiger partial charge in [-0.05, 0) is 0 Å². The summed E-state index contributed by atoms with van der Waals surface area (Å²) in [6, 6.07) is 0.631. The van der Waals surface area contributed by atoms with Gasteiger partial charge in [-0.2, -0.15) is 0 Å². The van der Waals surface area contributed by atoms with Gasteiger partial charge < -0.3 is 14.6 Å². The summed E-state index contributed by atoms with van der Waals surface area (Å²) in [6.45, 7) is 3.87. The Kier molecular flexibility index (Phi) is 1.72. The summed E-state index contributed by atoms with van der Waals surface area (Å²) in [4.78, 5) is 2.07. The van der Waals surface area contributed by atoms with Gasteiger partial charge in [0.2, 0.25) is 6.39 Å². The first-order valence-electron chi connectivity index (χ1n) is 3.68. The summed E-state index contributed by atoms with van der Waals surface area (Å²) in [5.41, 5.74) is 0. The lowest BCUT2D eigenvalue weighted by molar-refractivity contribution is 0.498. The Labute approximate surface area is 64.4 Å². The molecule has 1 aliphatic heterocycles. The number of anilines is 1. The number of nitrogens with zero attached hydrogens (tertiary/aromatic N) is 3. The lowest BCUT2D eigenvalue weighted by atomic mass is 10.4. The van der Waals surface area contributed by atoms with E-state index in [1.807, 2.05) is 0 Å². The Morgan fingerprint density at radius 1 is 1.45 bits per heavy atom. The molecule has 0 amide bonds. The molecule has 60 valence electrons. The fourth-order valence-electron chi connectivity index (χ4n) is 1.16. The zero-order valence-electron chi connectivity index (χ0n) is 6.16. The lowest BCUT2D eigenvalue weighted by Crippen LogP contribution is -2.43. The smallest absolute Gasteiger partial charge is 0.318 e. The van der Waals surface area contributed by atoms with Crippen LogP contribution in [0.3, 0.4) is 0 Å². The molecule has 1 aliphatic rings. The van der Waals surface area contributed by atoms with E-state index >= 15 is 0 Å². The minimum absolute atomic E-state index is 0.631. The fourth-order valence-corrected chi connectivity index (χ4v) is 1.16. The van der Waals surface area contributed by atoms with E-state index in [2.05, 4.69) is 20.4 Å². The van der Waals surface area contributed by atoms with Crippen molar-refractivity contribution in [1.29, 1.82) is 0 Å². The molecule has 0 atom stereocenters. The van der Waals surface area contributed by atoms with Crippen molar-refractivity contribution in [3.63, 3.8) is 0 Å². The molecule has 1 aromatic rings. The van der Waals surface area contributed by atoms with E-state index in [1.54, 1.807) is 0 Å². The maximum Gasteiger partial charge on any atom is 0.318 e. The molecule has 0 saturated carbocycles. The molecule has 0 aromatic carbocycles. The third-order valence-corrected chi connectivity index (χ3v) is 1.74. The average molecular weight is 154 g/mol. The highest BCUT2D eigenvalue weighted by molar-refractivity contribution is 5.23. The van der Waals surface area contributed by atoms with E-state index in [-0.39, 0.29) is 0 Å². The molecule has 1 fully saturated rings. The first-order chi connectivity index (χ1) is 5.47. The second-order valence-electron chi connectivity index (χ2n) is 2.46. The summed E-state index contributed by atoms with van der Waals surface area (Å²) in [5, 5.41) is 10.7. The second kappa shape index (κ2) is 2.87. The van der Waals surface area contributed by atoms with Crippen LogP contribution in [0.4, 0.5) is 6.01 Å². The van der Waals surface area contributed by atoms with Crippen molar-refractivity contribution >= 4 is 6.01 Å². The van der Waals surface area contributed by atoms with Crippen molar-refractivity contribution in [2.45, 2.75) is 0 Å². The van der Waals surface area contributed by atoms with E-state index < -0.39 is 0 Å². The number of hydrogen-bond acceptors (Lipinski definition) is 5. The van der Waals surface area contributed by atoms with Crippen molar-refractivity contribution in [3.8, 4) is 0 Å². The lowest BCUT2D eigenvalue weighted by Gasteiger charge is -2.24. The maximum atomic E-state index is 5.05. The van der Waals surface area contributed by atoms with Gasteiger partial charge in [-0.3, -0.25) is 0 Å². The van der Waals surface area contributed by atoms with Crippen LogP contribution in [-0.2, 0) is 0 Å².